The Labute approximate surface area is 103 Å². The molecule has 0 aliphatic rings. The quantitative estimate of drug-likeness (QED) is 0.661. The number of esters is 1. The molecular formula is C11H11ClFNO3. The molecule has 0 aromatic heterocycles. The molecule has 0 bridgehead atoms. The van der Waals surface area contributed by atoms with Crippen molar-refractivity contribution >= 4 is 23.4 Å². The molecule has 17 heavy (non-hydrogen) atoms. The number of rotatable bonds is 4. The van der Waals surface area contributed by atoms with Crippen LogP contribution >= 0.6 is 11.6 Å². The van der Waals surface area contributed by atoms with Crippen molar-refractivity contribution in [2.24, 2.45) is 5.73 Å². The minimum Gasteiger partial charge on any atom is -0.462 e. The summed E-state index contributed by atoms with van der Waals surface area (Å²) in [6.07, 6.45) is 0. The number of Topliss-reactive ketones (excluding diaryl/α,β-unsaturated/α-hetero) is 1. The summed E-state index contributed by atoms with van der Waals surface area (Å²) in [5.41, 5.74) is 4.80. The minimum atomic E-state index is -0.896. The van der Waals surface area contributed by atoms with E-state index in [0.29, 0.717) is 0 Å². The average Bonchev–Trinajstić information content (AvgIpc) is 2.27. The lowest BCUT2D eigenvalue weighted by Gasteiger charge is -2.07. The fourth-order valence-electron chi connectivity index (χ4n) is 1.25. The van der Waals surface area contributed by atoms with Crippen molar-refractivity contribution in [1.29, 1.82) is 0 Å². The third-order valence-corrected chi connectivity index (χ3v) is 2.33. The van der Waals surface area contributed by atoms with E-state index in [0.717, 1.165) is 6.07 Å². The minimum absolute atomic E-state index is 0.0306. The van der Waals surface area contributed by atoms with Crippen LogP contribution in [0.25, 0.3) is 0 Å². The molecule has 1 aromatic carbocycles. The fourth-order valence-corrected chi connectivity index (χ4v) is 1.54. The summed E-state index contributed by atoms with van der Waals surface area (Å²) in [4.78, 5) is 22.6. The van der Waals surface area contributed by atoms with Crippen LogP contribution in [-0.4, -0.2) is 24.9 Å². The van der Waals surface area contributed by atoms with E-state index in [4.69, 9.17) is 17.3 Å². The number of ketones is 1. The predicted molar refractivity (Wildman–Crippen MR) is 60.8 cm³/mol. The molecule has 0 spiro atoms. The van der Waals surface area contributed by atoms with Crippen molar-refractivity contribution in [2.45, 2.75) is 6.92 Å². The average molecular weight is 260 g/mol. The lowest BCUT2D eigenvalue weighted by molar-refractivity contribution is 0.0521. The van der Waals surface area contributed by atoms with Crippen molar-refractivity contribution < 1.29 is 18.7 Å². The summed E-state index contributed by atoms with van der Waals surface area (Å²) in [6, 6.07) is 2.12. The first-order chi connectivity index (χ1) is 8.01. The van der Waals surface area contributed by atoms with Gasteiger partial charge < -0.3 is 10.5 Å². The highest BCUT2D eigenvalue weighted by molar-refractivity contribution is 6.34. The Hall–Kier alpha value is -1.46. The molecule has 0 aliphatic carbocycles. The van der Waals surface area contributed by atoms with Crippen LogP contribution in [0.3, 0.4) is 0 Å². The Morgan fingerprint density at radius 3 is 2.59 bits per heavy atom. The monoisotopic (exact) mass is 259 g/mol. The first-order valence-corrected chi connectivity index (χ1v) is 5.28. The van der Waals surface area contributed by atoms with Gasteiger partial charge in [-0.15, -0.1) is 0 Å². The molecule has 0 saturated carbocycles. The maximum absolute atomic E-state index is 13.6. The topological polar surface area (TPSA) is 69.4 Å². The van der Waals surface area contributed by atoms with E-state index in [9.17, 15) is 14.0 Å². The zero-order valence-corrected chi connectivity index (χ0v) is 9.88. The number of halogens is 2. The molecule has 0 aliphatic heterocycles. The van der Waals surface area contributed by atoms with Gasteiger partial charge in [-0.1, -0.05) is 11.6 Å². The fraction of sp³-hybridized carbons (Fsp3) is 0.273. The third kappa shape index (κ3) is 3.01. The van der Waals surface area contributed by atoms with Crippen LogP contribution < -0.4 is 5.73 Å². The van der Waals surface area contributed by atoms with Crippen LogP contribution in [0.2, 0.25) is 5.02 Å². The van der Waals surface area contributed by atoms with Gasteiger partial charge in [0.25, 0.3) is 0 Å². The zero-order valence-electron chi connectivity index (χ0n) is 9.13. The normalized spacial score (nSPS) is 10.1. The highest BCUT2D eigenvalue weighted by Crippen LogP contribution is 2.22. The Morgan fingerprint density at radius 2 is 2.12 bits per heavy atom. The molecule has 92 valence electrons. The van der Waals surface area contributed by atoms with E-state index in [2.05, 4.69) is 4.74 Å². The molecule has 1 aromatic rings. The lowest BCUT2D eigenvalue weighted by atomic mass is 10.1. The van der Waals surface area contributed by atoms with Crippen LogP contribution in [0.15, 0.2) is 12.1 Å². The van der Waals surface area contributed by atoms with E-state index in [1.165, 1.54) is 6.07 Å². The number of carbonyl (C=O) groups excluding carboxylic acids is 2. The smallest absolute Gasteiger partial charge is 0.342 e. The Kier molecular flexibility index (Phi) is 4.60. The molecular weight excluding hydrogens is 249 g/mol. The molecule has 1 rings (SSSR count). The second-order valence-electron chi connectivity index (χ2n) is 3.16. The molecule has 2 N–H and O–H groups in total. The SMILES string of the molecule is CCOC(=O)c1c(F)cc(C(=O)CN)cc1Cl. The summed E-state index contributed by atoms with van der Waals surface area (Å²) < 4.78 is 18.2. The van der Waals surface area contributed by atoms with Crippen molar-refractivity contribution in [2.75, 3.05) is 13.2 Å². The number of hydrogen-bond donors (Lipinski definition) is 1. The van der Waals surface area contributed by atoms with Crippen molar-refractivity contribution in [3.8, 4) is 0 Å². The number of nitrogens with two attached hydrogens (primary N) is 1. The maximum atomic E-state index is 13.6. The molecule has 6 heteroatoms. The third-order valence-electron chi connectivity index (χ3n) is 2.03. The first-order valence-electron chi connectivity index (χ1n) is 4.90. The number of benzene rings is 1. The number of hydrogen-bond acceptors (Lipinski definition) is 4. The van der Waals surface area contributed by atoms with Gasteiger partial charge in [-0.05, 0) is 19.1 Å². The van der Waals surface area contributed by atoms with Gasteiger partial charge in [-0.3, -0.25) is 4.79 Å². The number of ether oxygens (including phenoxy) is 1. The lowest BCUT2D eigenvalue weighted by Crippen LogP contribution is -2.15. The van der Waals surface area contributed by atoms with Gasteiger partial charge in [0.05, 0.1) is 18.2 Å². The second kappa shape index (κ2) is 5.75. The molecule has 0 amide bonds. The molecule has 0 radical (unpaired) electrons. The zero-order chi connectivity index (χ0) is 13.0. The molecule has 0 unspecified atom stereocenters. The van der Waals surface area contributed by atoms with Gasteiger partial charge in [0.15, 0.2) is 5.78 Å². The first kappa shape index (κ1) is 13.6. The Balaban J connectivity index is 3.19. The van der Waals surface area contributed by atoms with Gasteiger partial charge in [-0.25, -0.2) is 9.18 Å². The summed E-state index contributed by atoms with van der Waals surface area (Å²) in [5.74, 6) is -2.21. The predicted octanol–water partition coefficient (Wildman–Crippen LogP) is 1.80. The standard InChI is InChI=1S/C11H11ClFNO3/c1-2-17-11(16)10-7(12)3-6(4-8(10)13)9(15)5-14/h3-4H,2,5,14H2,1H3. The van der Waals surface area contributed by atoms with E-state index in [1.807, 2.05) is 0 Å². The molecule has 0 saturated heterocycles. The van der Waals surface area contributed by atoms with Crippen LogP contribution in [0.5, 0.6) is 0 Å². The van der Waals surface area contributed by atoms with Crippen molar-refractivity contribution in [3.63, 3.8) is 0 Å². The highest BCUT2D eigenvalue weighted by Gasteiger charge is 2.20. The molecule has 0 heterocycles. The van der Waals surface area contributed by atoms with Crippen LogP contribution in [-0.2, 0) is 4.74 Å². The van der Waals surface area contributed by atoms with Crippen LogP contribution in [0.1, 0.15) is 27.6 Å². The van der Waals surface area contributed by atoms with Gasteiger partial charge in [0, 0.05) is 5.56 Å². The van der Waals surface area contributed by atoms with Gasteiger partial charge >= 0.3 is 5.97 Å². The highest BCUT2D eigenvalue weighted by atomic mass is 35.5. The molecule has 0 atom stereocenters. The number of carbonyl (C=O) groups is 2. The largest absolute Gasteiger partial charge is 0.462 e. The van der Waals surface area contributed by atoms with Crippen molar-refractivity contribution in [1.82, 2.24) is 0 Å². The van der Waals surface area contributed by atoms with E-state index < -0.39 is 17.6 Å². The van der Waals surface area contributed by atoms with Crippen molar-refractivity contribution in [3.05, 3.63) is 34.1 Å². The van der Waals surface area contributed by atoms with Gasteiger partial charge in [0.1, 0.15) is 11.4 Å². The maximum Gasteiger partial charge on any atom is 0.342 e. The summed E-state index contributed by atoms with van der Waals surface area (Å²) in [6.45, 7) is 1.45. The van der Waals surface area contributed by atoms with Crippen LogP contribution in [0.4, 0.5) is 4.39 Å². The van der Waals surface area contributed by atoms with Gasteiger partial charge in [0.2, 0.25) is 0 Å². The van der Waals surface area contributed by atoms with E-state index in [-0.39, 0.29) is 29.3 Å². The Bertz CT molecular complexity index is 439. The Morgan fingerprint density at radius 1 is 1.47 bits per heavy atom. The van der Waals surface area contributed by atoms with Gasteiger partial charge in [-0.2, -0.15) is 0 Å². The van der Waals surface area contributed by atoms with E-state index in [1.54, 1.807) is 6.92 Å². The van der Waals surface area contributed by atoms with Crippen LogP contribution in [0, 0.1) is 5.82 Å². The summed E-state index contributed by atoms with van der Waals surface area (Å²) >= 11 is 5.73. The van der Waals surface area contributed by atoms with E-state index >= 15 is 0 Å². The molecule has 4 nitrogen and oxygen atoms in total. The second-order valence-corrected chi connectivity index (χ2v) is 3.57. The molecule has 0 fully saturated rings. The summed E-state index contributed by atoms with van der Waals surface area (Å²) in [5, 5.41) is -0.166. The summed E-state index contributed by atoms with van der Waals surface area (Å²) in [7, 11) is 0.